The highest BCUT2D eigenvalue weighted by atomic mass is 32.2. The molecule has 0 spiro atoms. The van der Waals surface area contributed by atoms with Crippen LogP contribution in [-0.4, -0.2) is 19.2 Å². The smallest absolute Gasteiger partial charge is 0.415 e. The number of benzene rings is 2. The molecule has 0 unspecified atom stereocenters. The molecule has 7 heteroatoms. The van der Waals surface area contributed by atoms with Crippen LogP contribution in [0.2, 0.25) is 0 Å². The molecular weight excluding hydrogens is 321 g/mol. The number of oxazole rings is 1. The molecule has 1 heterocycles. The van der Waals surface area contributed by atoms with E-state index in [1.807, 2.05) is 0 Å². The van der Waals surface area contributed by atoms with Gasteiger partial charge in [0.25, 0.3) is 0 Å². The van der Waals surface area contributed by atoms with Gasteiger partial charge in [-0.1, -0.05) is 24.3 Å². The van der Waals surface area contributed by atoms with Crippen molar-refractivity contribution in [3.63, 3.8) is 0 Å². The van der Waals surface area contributed by atoms with Gasteiger partial charge in [-0.15, -0.1) is 0 Å². The molecule has 23 heavy (non-hydrogen) atoms. The lowest BCUT2D eigenvalue weighted by Crippen LogP contribution is -2.14. The number of rotatable bonds is 3. The summed E-state index contributed by atoms with van der Waals surface area (Å²) in [5.74, 6) is -1.29. The molecule has 2 aromatic carbocycles. The van der Waals surface area contributed by atoms with E-state index in [1.54, 1.807) is 6.07 Å². The third-order valence-corrected chi connectivity index (χ3v) is 4.49. The standard InChI is InChI=1S/C16H12FNO4S/c1-23(20,21)12-8-6-11(7-9-12)15-10-22-16(19)18(15)14-5-3-2-4-13(14)17/h2-10H,1H3. The predicted molar refractivity (Wildman–Crippen MR) is 82.8 cm³/mol. The Kier molecular flexibility index (Phi) is 3.65. The third-order valence-electron chi connectivity index (χ3n) is 3.37. The topological polar surface area (TPSA) is 69.3 Å². The Morgan fingerprint density at radius 1 is 1.04 bits per heavy atom. The molecule has 0 atom stereocenters. The van der Waals surface area contributed by atoms with Crippen LogP contribution >= 0.6 is 0 Å². The van der Waals surface area contributed by atoms with Gasteiger partial charge in [0.05, 0.1) is 16.3 Å². The van der Waals surface area contributed by atoms with Crippen molar-refractivity contribution >= 4 is 9.84 Å². The van der Waals surface area contributed by atoms with Gasteiger partial charge in [-0.3, -0.25) is 0 Å². The van der Waals surface area contributed by atoms with Gasteiger partial charge in [0.15, 0.2) is 9.84 Å². The van der Waals surface area contributed by atoms with Gasteiger partial charge in [0.1, 0.15) is 12.1 Å². The van der Waals surface area contributed by atoms with Gasteiger partial charge < -0.3 is 4.42 Å². The van der Waals surface area contributed by atoms with Crippen LogP contribution in [0.4, 0.5) is 4.39 Å². The molecule has 0 N–H and O–H groups in total. The molecule has 3 rings (SSSR count). The fraction of sp³-hybridized carbons (Fsp3) is 0.0625. The van der Waals surface area contributed by atoms with Crippen LogP contribution in [0, 0.1) is 5.82 Å². The maximum atomic E-state index is 14.0. The maximum Gasteiger partial charge on any atom is 0.424 e. The van der Waals surface area contributed by atoms with Crippen LogP contribution in [-0.2, 0) is 9.84 Å². The van der Waals surface area contributed by atoms with Crippen molar-refractivity contribution in [1.82, 2.24) is 4.57 Å². The second-order valence-corrected chi connectivity index (χ2v) is 6.99. The number of nitrogens with zero attached hydrogens (tertiary/aromatic N) is 1. The van der Waals surface area contributed by atoms with Crippen LogP contribution in [0.3, 0.4) is 0 Å². The van der Waals surface area contributed by atoms with E-state index >= 15 is 0 Å². The van der Waals surface area contributed by atoms with E-state index in [4.69, 9.17) is 4.42 Å². The summed E-state index contributed by atoms with van der Waals surface area (Å²) in [6.07, 6.45) is 2.32. The van der Waals surface area contributed by atoms with Crippen molar-refractivity contribution in [2.45, 2.75) is 4.90 Å². The molecule has 0 aliphatic heterocycles. The zero-order valence-corrected chi connectivity index (χ0v) is 12.9. The summed E-state index contributed by atoms with van der Waals surface area (Å²) in [6, 6.07) is 11.8. The van der Waals surface area contributed by atoms with Gasteiger partial charge in [-0.25, -0.2) is 22.2 Å². The number of para-hydroxylation sites is 1. The summed E-state index contributed by atoms with van der Waals surface area (Å²) >= 11 is 0. The zero-order chi connectivity index (χ0) is 16.6. The summed E-state index contributed by atoms with van der Waals surface area (Å²) in [4.78, 5) is 12.1. The first-order valence-corrected chi connectivity index (χ1v) is 8.53. The molecule has 1 aromatic heterocycles. The van der Waals surface area contributed by atoms with E-state index in [0.717, 1.165) is 10.8 Å². The Hall–Kier alpha value is -2.67. The molecule has 0 amide bonds. The summed E-state index contributed by atoms with van der Waals surface area (Å²) < 4.78 is 42.9. The zero-order valence-electron chi connectivity index (χ0n) is 12.1. The maximum absolute atomic E-state index is 14.0. The largest absolute Gasteiger partial charge is 0.424 e. The predicted octanol–water partition coefficient (Wildman–Crippen LogP) is 2.64. The highest BCUT2D eigenvalue weighted by Crippen LogP contribution is 2.24. The SMILES string of the molecule is CS(=O)(=O)c1ccc(-c2coc(=O)n2-c2ccccc2F)cc1. The summed E-state index contributed by atoms with van der Waals surface area (Å²) in [7, 11) is -3.32. The van der Waals surface area contributed by atoms with Gasteiger partial charge in [0, 0.05) is 11.8 Å². The average molecular weight is 333 g/mol. The van der Waals surface area contributed by atoms with E-state index in [0.29, 0.717) is 11.3 Å². The molecule has 0 aliphatic rings. The molecule has 0 saturated heterocycles. The highest BCUT2D eigenvalue weighted by Gasteiger charge is 2.16. The monoisotopic (exact) mass is 333 g/mol. The molecule has 5 nitrogen and oxygen atoms in total. The van der Waals surface area contributed by atoms with E-state index < -0.39 is 21.4 Å². The molecule has 0 saturated carbocycles. The van der Waals surface area contributed by atoms with Gasteiger partial charge in [-0.2, -0.15) is 0 Å². The van der Waals surface area contributed by atoms with Crippen LogP contribution in [0.1, 0.15) is 0 Å². The Bertz CT molecular complexity index is 1020. The Morgan fingerprint density at radius 3 is 2.30 bits per heavy atom. The Balaban J connectivity index is 2.16. The molecular formula is C16H12FNO4S. The molecule has 118 valence electrons. The van der Waals surface area contributed by atoms with Crippen molar-refractivity contribution in [3.8, 4) is 16.9 Å². The second kappa shape index (κ2) is 5.51. The van der Waals surface area contributed by atoms with E-state index in [1.165, 1.54) is 48.7 Å². The summed E-state index contributed by atoms with van der Waals surface area (Å²) in [5, 5.41) is 0. The lowest BCUT2D eigenvalue weighted by atomic mass is 10.1. The number of hydrogen-bond donors (Lipinski definition) is 0. The third kappa shape index (κ3) is 2.83. The van der Waals surface area contributed by atoms with E-state index in [-0.39, 0.29) is 10.6 Å². The van der Waals surface area contributed by atoms with E-state index in [2.05, 4.69) is 0 Å². The van der Waals surface area contributed by atoms with Crippen molar-refractivity contribution < 1.29 is 17.2 Å². The molecule has 0 bridgehead atoms. The normalized spacial score (nSPS) is 11.6. The average Bonchev–Trinajstić information content (AvgIpc) is 2.89. The Labute approximate surface area is 131 Å². The number of aromatic nitrogens is 1. The minimum Gasteiger partial charge on any atom is -0.415 e. The van der Waals surface area contributed by atoms with Crippen LogP contribution in [0.15, 0.2) is 68.9 Å². The first kappa shape index (κ1) is 15.2. The lowest BCUT2D eigenvalue weighted by molar-refractivity contribution is 0.500. The molecule has 0 radical (unpaired) electrons. The van der Waals surface area contributed by atoms with E-state index in [9.17, 15) is 17.6 Å². The number of hydrogen-bond acceptors (Lipinski definition) is 4. The fourth-order valence-electron chi connectivity index (χ4n) is 2.24. The quantitative estimate of drug-likeness (QED) is 0.739. The van der Waals surface area contributed by atoms with Crippen molar-refractivity contribution in [3.05, 3.63) is 71.2 Å². The summed E-state index contributed by atoms with van der Waals surface area (Å²) in [5.41, 5.74) is 0.931. The number of halogens is 1. The van der Waals surface area contributed by atoms with Crippen molar-refractivity contribution in [1.29, 1.82) is 0 Å². The van der Waals surface area contributed by atoms with Gasteiger partial charge >= 0.3 is 5.76 Å². The highest BCUT2D eigenvalue weighted by molar-refractivity contribution is 7.90. The second-order valence-electron chi connectivity index (χ2n) is 4.97. The minimum absolute atomic E-state index is 0.0634. The molecule has 0 aliphatic carbocycles. The van der Waals surface area contributed by atoms with Crippen molar-refractivity contribution in [2.75, 3.05) is 6.26 Å². The van der Waals surface area contributed by atoms with Crippen LogP contribution in [0.5, 0.6) is 0 Å². The van der Waals surface area contributed by atoms with Crippen LogP contribution in [0.25, 0.3) is 16.9 Å². The van der Waals surface area contributed by atoms with Gasteiger partial charge in [0.2, 0.25) is 0 Å². The lowest BCUT2D eigenvalue weighted by Gasteiger charge is -2.07. The number of sulfone groups is 1. The minimum atomic E-state index is -3.32. The molecule has 3 aromatic rings. The fourth-order valence-corrected chi connectivity index (χ4v) is 2.87. The van der Waals surface area contributed by atoms with Crippen molar-refractivity contribution in [2.24, 2.45) is 0 Å². The van der Waals surface area contributed by atoms with Gasteiger partial charge in [-0.05, 0) is 24.3 Å². The first-order valence-electron chi connectivity index (χ1n) is 6.64. The van der Waals surface area contributed by atoms with Crippen LogP contribution < -0.4 is 5.76 Å². The summed E-state index contributed by atoms with van der Waals surface area (Å²) in [6.45, 7) is 0. The first-order chi connectivity index (χ1) is 10.9. The molecule has 0 fully saturated rings. The Morgan fingerprint density at radius 2 is 1.70 bits per heavy atom.